The number of nitrogens with one attached hydrogen (secondary N) is 1. The molecule has 0 aromatic rings. The Hall–Kier alpha value is -0.160. The van der Waals surface area contributed by atoms with Gasteiger partial charge >= 0.3 is 0 Å². The van der Waals surface area contributed by atoms with E-state index in [9.17, 15) is 0 Å². The van der Waals surface area contributed by atoms with Gasteiger partial charge in [0, 0.05) is 14.2 Å². The number of hydrogen-bond donors (Lipinski definition) is 1. The average Bonchev–Trinajstić information content (AvgIpc) is 2.70. The van der Waals surface area contributed by atoms with E-state index in [1.807, 2.05) is 0 Å². The molecule has 0 aromatic heterocycles. The molecule has 15 heavy (non-hydrogen) atoms. The van der Waals surface area contributed by atoms with Crippen molar-refractivity contribution in [2.45, 2.75) is 18.6 Å². The van der Waals surface area contributed by atoms with Gasteiger partial charge < -0.3 is 14.8 Å². The van der Waals surface area contributed by atoms with Crippen LogP contribution in [0.3, 0.4) is 0 Å². The minimum absolute atomic E-state index is 0.312. The number of ether oxygens (including phenoxy) is 2. The van der Waals surface area contributed by atoms with Gasteiger partial charge in [0.05, 0.1) is 13.1 Å². The van der Waals surface area contributed by atoms with Crippen LogP contribution < -0.4 is 5.32 Å². The monoisotopic (exact) mass is 214 g/mol. The summed E-state index contributed by atoms with van der Waals surface area (Å²) in [5.41, 5.74) is 0. The van der Waals surface area contributed by atoms with Gasteiger partial charge in [-0.1, -0.05) is 0 Å². The predicted octanol–water partition coefficient (Wildman–Crippen LogP) is 0.291. The molecule has 4 nitrogen and oxygen atoms in total. The molecule has 0 spiro atoms. The van der Waals surface area contributed by atoms with Crippen LogP contribution in [0, 0.1) is 5.92 Å². The molecule has 0 saturated carbocycles. The summed E-state index contributed by atoms with van der Waals surface area (Å²) in [4.78, 5) is 2.41. The number of likely N-dealkylation sites (tertiary alicyclic amines) is 1. The van der Waals surface area contributed by atoms with Crippen LogP contribution in [0.15, 0.2) is 0 Å². The standard InChI is InChI=1S/C11H22N2O2/c1-14-11(15-2)8-13(9-11)6-4-10-3-5-12-7-10/h10,12H,3-9H2,1-2H3. The highest BCUT2D eigenvalue weighted by molar-refractivity contribution is 4.89. The molecular weight excluding hydrogens is 192 g/mol. The highest BCUT2D eigenvalue weighted by atomic mass is 16.7. The van der Waals surface area contributed by atoms with Gasteiger partial charge in [0.25, 0.3) is 0 Å². The molecule has 0 bridgehead atoms. The fourth-order valence-corrected chi connectivity index (χ4v) is 2.46. The Kier molecular flexibility index (Phi) is 3.61. The van der Waals surface area contributed by atoms with Crippen molar-refractivity contribution >= 4 is 0 Å². The molecule has 0 aliphatic carbocycles. The summed E-state index contributed by atoms with van der Waals surface area (Å²) in [6.45, 7) is 5.42. The zero-order chi connectivity index (χ0) is 10.7. The molecule has 0 aromatic carbocycles. The Morgan fingerprint density at radius 1 is 1.33 bits per heavy atom. The molecule has 4 heteroatoms. The first-order valence-electron chi connectivity index (χ1n) is 5.81. The van der Waals surface area contributed by atoms with Crippen molar-refractivity contribution in [2.24, 2.45) is 5.92 Å². The molecule has 2 heterocycles. The lowest BCUT2D eigenvalue weighted by Gasteiger charge is -2.47. The van der Waals surface area contributed by atoms with Crippen LogP contribution in [0.4, 0.5) is 0 Å². The van der Waals surface area contributed by atoms with Crippen molar-refractivity contribution in [3.63, 3.8) is 0 Å². The Labute approximate surface area is 91.9 Å². The van der Waals surface area contributed by atoms with E-state index in [2.05, 4.69) is 10.2 Å². The molecule has 2 saturated heterocycles. The highest BCUT2D eigenvalue weighted by Gasteiger charge is 2.43. The fraction of sp³-hybridized carbons (Fsp3) is 1.00. The van der Waals surface area contributed by atoms with Crippen LogP contribution in [0.25, 0.3) is 0 Å². The van der Waals surface area contributed by atoms with Crippen LogP contribution in [-0.4, -0.2) is 57.6 Å². The lowest BCUT2D eigenvalue weighted by Crippen LogP contribution is -2.63. The quantitative estimate of drug-likeness (QED) is 0.667. The number of hydrogen-bond acceptors (Lipinski definition) is 4. The smallest absolute Gasteiger partial charge is 0.193 e. The summed E-state index contributed by atoms with van der Waals surface area (Å²) in [6, 6.07) is 0. The van der Waals surface area contributed by atoms with E-state index < -0.39 is 0 Å². The van der Waals surface area contributed by atoms with E-state index in [0.717, 1.165) is 19.0 Å². The Bertz CT molecular complexity index is 193. The van der Waals surface area contributed by atoms with Crippen molar-refractivity contribution in [1.29, 1.82) is 0 Å². The van der Waals surface area contributed by atoms with Gasteiger partial charge in [-0.15, -0.1) is 0 Å². The van der Waals surface area contributed by atoms with Crippen molar-refractivity contribution in [3.05, 3.63) is 0 Å². The first-order valence-corrected chi connectivity index (χ1v) is 5.81. The van der Waals surface area contributed by atoms with E-state index in [4.69, 9.17) is 9.47 Å². The molecule has 1 unspecified atom stereocenters. The van der Waals surface area contributed by atoms with Gasteiger partial charge in [-0.2, -0.15) is 0 Å². The molecule has 1 atom stereocenters. The summed E-state index contributed by atoms with van der Waals surface area (Å²) < 4.78 is 10.7. The highest BCUT2D eigenvalue weighted by Crippen LogP contribution is 2.26. The zero-order valence-corrected chi connectivity index (χ0v) is 9.79. The average molecular weight is 214 g/mol. The first kappa shape index (κ1) is 11.3. The Morgan fingerprint density at radius 3 is 2.60 bits per heavy atom. The lowest BCUT2D eigenvalue weighted by atomic mass is 10.0. The third-order valence-corrected chi connectivity index (χ3v) is 3.69. The Balaban J connectivity index is 1.62. The molecule has 2 aliphatic heterocycles. The van der Waals surface area contributed by atoms with E-state index in [1.54, 1.807) is 14.2 Å². The van der Waals surface area contributed by atoms with Crippen LogP contribution >= 0.6 is 0 Å². The predicted molar refractivity (Wildman–Crippen MR) is 58.8 cm³/mol. The third kappa shape index (κ3) is 2.50. The van der Waals surface area contributed by atoms with Crippen molar-refractivity contribution in [2.75, 3.05) is 46.9 Å². The summed E-state index contributed by atoms with van der Waals surface area (Å²) >= 11 is 0. The molecule has 88 valence electrons. The topological polar surface area (TPSA) is 33.7 Å². The molecule has 1 N–H and O–H groups in total. The maximum absolute atomic E-state index is 5.35. The van der Waals surface area contributed by atoms with Crippen LogP contribution in [0.2, 0.25) is 0 Å². The van der Waals surface area contributed by atoms with Crippen LogP contribution in [0.1, 0.15) is 12.8 Å². The van der Waals surface area contributed by atoms with E-state index >= 15 is 0 Å². The summed E-state index contributed by atoms with van der Waals surface area (Å²) in [6.07, 6.45) is 2.64. The maximum atomic E-state index is 5.35. The van der Waals surface area contributed by atoms with Gasteiger partial charge in [0.1, 0.15) is 0 Å². The van der Waals surface area contributed by atoms with Gasteiger partial charge in [0.2, 0.25) is 0 Å². The van der Waals surface area contributed by atoms with E-state index in [1.165, 1.54) is 32.5 Å². The van der Waals surface area contributed by atoms with Crippen LogP contribution in [0.5, 0.6) is 0 Å². The van der Waals surface area contributed by atoms with Crippen molar-refractivity contribution in [1.82, 2.24) is 10.2 Å². The lowest BCUT2D eigenvalue weighted by molar-refractivity contribution is -0.275. The second-order valence-electron chi connectivity index (χ2n) is 4.68. The second kappa shape index (κ2) is 4.78. The minimum Gasteiger partial charge on any atom is -0.351 e. The summed E-state index contributed by atoms with van der Waals surface area (Å²) in [5, 5.41) is 3.40. The van der Waals surface area contributed by atoms with Gasteiger partial charge in [-0.25, -0.2) is 0 Å². The molecule has 0 radical (unpaired) electrons. The fourth-order valence-electron chi connectivity index (χ4n) is 2.46. The van der Waals surface area contributed by atoms with Crippen molar-refractivity contribution in [3.8, 4) is 0 Å². The minimum atomic E-state index is -0.312. The maximum Gasteiger partial charge on any atom is 0.193 e. The zero-order valence-electron chi connectivity index (χ0n) is 9.79. The number of methoxy groups -OCH3 is 2. The molecule has 2 rings (SSSR count). The van der Waals surface area contributed by atoms with Crippen molar-refractivity contribution < 1.29 is 9.47 Å². The molecule has 2 aliphatic rings. The summed E-state index contributed by atoms with van der Waals surface area (Å²) in [7, 11) is 3.45. The molecule has 0 amide bonds. The first-order chi connectivity index (χ1) is 7.28. The largest absolute Gasteiger partial charge is 0.351 e. The Morgan fingerprint density at radius 2 is 2.07 bits per heavy atom. The second-order valence-corrected chi connectivity index (χ2v) is 4.68. The number of rotatable bonds is 5. The van der Waals surface area contributed by atoms with E-state index in [0.29, 0.717) is 0 Å². The molecule has 2 fully saturated rings. The third-order valence-electron chi connectivity index (χ3n) is 3.69. The molecular formula is C11H22N2O2. The van der Waals surface area contributed by atoms with E-state index in [-0.39, 0.29) is 5.79 Å². The van der Waals surface area contributed by atoms with Gasteiger partial charge in [-0.3, -0.25) is 4.90 Å². The summed E-state index contributed by atoms with van der Waals surface area (Å²) in [5.74, 6) is 0.568. The van der Waals surface area contributed by atoms with Crippen LogP contribution in [-0.2, 0) is 9.47 Å². The van der Waals surface area contributed by atoms with Gasteiger partial charge in [0.15, 0.2) is 5.79 Å². The normalized spacial score (nSPS) is 30.4. The van der Waals surface area contributed by atoms with Gasteiger partial charge in [-0.05, 0) is 38.4 Å². The SMILES string of the molecule is COC1(OC)CN(CCC2CCNC2)C1. The number of nitrogens with zero attached hydrogens (tertiary/aromatic N) is 1.